The van der Waals surface area contributed by atoms with Crippen LogP contribution in [0.25, 0.3) is 10.9 Å². The number of aliphatic imine (C=N–C) groups is 1. The molecule has 0 radical (unpaired) electrons. The van der Waals surface area contributed by atoms with Gasteiger partial charge in [0.1, 0.15) is 18.1 Å². The molecule has 0 spiro atoms. The Morgan fingerprint density at radius 2 is 1.63 bits per heavy atom. The summed E-state index contributed by atoms with van der Waals surface area (Å²) in [6.45, 7) is 1.35. The highest BCUT2D eigenvalue weighted by molar-refractivity contribution is 5.95. The van der Waals surface area contributed by atoms with Crippen molar-refractivity contribution in [2.45, 2.75) is 62.9 Å². The monoisotopic (exact) mass is 575 g/mol. The van der Waals surface area contributed by atoms with E-state index in [9.17, 15) is 34.2 Å². The minimum atomic E-state index is -1.65. The van der Waals surface area contributed by atoms with Gasteiger partial charge in [0.15, 0.2) is 5.96 Å². The number of hydrogen-bond donors (Lipinski definition) is 10. The second-order valence-electron chi connectivity index (χ2n) is 9.48. The Morgan fingerprint density at radius 3 is 2.24 bits per heavy atom. The van der Waals surface area contributed by atoms with Gasteiger partial charge in [-0.05, 0) is 37.8 Å². The maximum Gasteiger partial charge on any atom is 0.326 e. The summed E-state index contributed by atoms with van der Waals surface area (Å²) in [5, 5.41) is 27.4. The van der Waals surface area contributed by atoms with Gasteiger partial charge >= 0.3 is 5.97 Å². The highest BCUT2D eigenvalue weighted by Crippen LogP contribution is 2.18. The van der Waals surface area contributed by atoms with Crippen LogP contribution in [0.3, 0.4) is 0 Å². The molecule has 5 unspecified atom stereocenters. The van der Waals surface area contributed by atoms with Crippen LogP contribution in [0.4, 0.5) is 0 Å². The highest BCUT2D eigenvalue weighted by atomic mass is 16.4. The molecule has 1 heterocycles. The number of guanidine groups is 1. The van der Waals surface area contributed by atoms with Crippen molar-refractivity contribution in [3.8, 4) is 0 Å². The second-order valence-corrected chi connectivity index (χ2v) is 9.48. The van der Waals surface area contributed by atoms with Gasteiger partial charge < -0.3 is 54.1 Å². The van der Waals surface area contributed by atoms with Crippen LogP contribution in [0.2, 0.25) is 0 Å². The van der Waals surface area contributed by atoms with Gasteiger partial charge in [0.2, 0.25) is 23.6 Å². The third-order valence-electron chi connectivity index (χ3n) is 6.11. The summed E-state index contributed by atoms with van der Waals surface area (Å²) in [6.07, 6.45) is -0.0911. The average Bonchev–Trinajstić information content (AvgIpc) is 3.30. The number of para-hydroxylation sites is 1. The number of hydrogen-bond acceptors (Lipinski definition) is 8. The van der Waals surface area contributed by atoms with Gasteiger partial charge in [0.05, 0.1) is 18.6 Å². The Kier molecular flexibility index (Phi) is 12.0. The number of aliphatic hydroxyl groups is 1. The van der Waals surface area contributed by atoms with E-state index >= 15 is 0 Å². The fourth-order valence-electron chi connectivity index (χ4n) is 4.00. The number of aromatic amines is 1. The van der Waals surface area contributed by atoms with E-state index < -0.39 is 66.3 Å². The van der Waals surface area contributed by atoms with Crippen molar-refractivity contribution in [3.63, 3.8) is 0 Å². The molecule has 1 aromatic heterocycles. The van der Waals surface area contributed by atoms with Crippen LogP contribution < -0.4 is 38.9 Å². The summed E-state index contributed by atoms with van der Waals surface area (Å²) in [4.78, 5) is 68.5. The van der Waals surface area contributed by atoms with Gasteiger partial charge in [0, 0.05) is 23.6 Å². The maximum absolute atomic E-state index is 13.1. The van der Waals surface area contributed by atoms with E-state index in [-0.39, 0.29) is 31.8 Å². The molecule has 0 fully saturated rings. The molecule has 0 aliphatic carbocycles. The molecule has 16 nitrogen and oxygen atoms in total. The van der Waals surface area contributed by atoms with E-state index in [0.29, 0.717) is 0 Å². The molecule has 0 saturated heterocycles. The molecule has 41 heavy (non-hydrogen) atoms. The Morgan fingerprint density at radius 1 is 0.976 bits per heavy atom. The lowest BCUT2D eigenvalue weighted by Gasteiger charge is -2.26. The lowest BCUT2D eigenvalue weighted by atomic mass is 10.0. The Labute approximate surface area is 235 Å². The number of carbonyl (C=O) groups is 5. The van der Waals surface area contributed by atoms with Gasteiger partial charge in [-0.1, -0.05) is 18.2 Å². The normalized spacial score (nSPS) is 14.6. The fraction of sp³-hybridized carbons (Fsp3) is 0.440. The molecule has 5 atom stereocenters. The van der Waals surface area contributed by atoms with Crippen molar-refractivity contribution >= 4 is 46.5 Å². The summed E-state index contributed by atoms with van der Waals surface area (Å²) < 4.78 is 0. The van der Waals surface area contributed by atoms with Crippen LogP contribution in [0, 0.1) is 0 Å². The third-order valence-corrected chi connectivity index (χ3v) is 6.11. The summed E-state index contributed by atoms with van der Waals surface area (Å²) in [5.74, 6) is -5.27. The number of H-pyrrole nitrogens is 1. The predicted octanol–water partition coefficient (Wildman–Crippen LogP) is -3.11. The molecule has 1 aromatic carbocycles. The lowest BCUT2D eigenvalue weighted by Crippen LogP contribution is -2.60. The minimum Gasteiger partial charge on any atom is -0.480 e. The number of nitrogens with zero attached hydrogens (tertiary/aromatic N) is 1. The predicted molar refractivity (Wildman–Crippen MR) is 149 cm³/mol. The number of carboxylic acids is 1. The first-order valence-corrected chi connectivity index (χ1v) is 12.8. The van der Waals surface area contributed by atoms with E-state index in [0.717, 1.165) is 16.5 Å². The standard InChI is InChI=1S/C25H37N9O7/c1-12(35)20(34-21(37)15(26)9-13-11-31-16-6-3-2-5-14(13)16)23(39)32-17(7-4-8-30-25(28)29)22(38)33-18(24(40)41)10-19(27)36/h2-3,5-6,11-12,15,17-18,20,31,35H,4,7-10,26H2,1H3,(H2,27,36)(H,32,39)(H,33,38)(H,34,37)(H,40,41)(H4,28,29,30). The van der Waals surface area contributed by atoms with Gasteiger partial charge in [0.25, 0.3) is 0 Å². The Bertz CT molecular complexity index is 1270. The summed E-state index contributed by atoms with van der Waals surface area (Å²) in [5.41, 5.74) is 23.4. The topological polar surface area (TPSA) is 294 Å². The number of nitrogens with one attached hydrogen (secondary N) is 4. The van der Waals surface area contributed by atoms with E-state index in [2.05, 4.69) is 25.9 Å². The van der Waals surface area contributed by atoms with Crippen molar-refractivity contribution in [1.82, 2.24) is 20.9 Å². The first-order chi connectivity index (χ1) is 19.3. The van der Waals surface area contributed by atoms with Gasteiger partial charge in [-0.3, -0.25) is 24.2 Å². The van der Waals surface area contributed by atoms with Crippen molar-refractivity contribution in [2.24, 2.45) is 27.9 Å². The Balaban J connectivity index is 2.14. The highest BCUT2D eigenvalue weighted by Gasteiger charge is 2.32. The maximum atomic E-state index is 13.1. The van der Waals surface area contributed by atoms with Crippen molar-refractivity contribution in [3.05, 3.63) is 36.0 Å². The quantitative estimate of drug-likeness (QED) is 0.0545. The van der Waals surface area contributed by atoms with Gasteiger partial charge in [-0.15, -0.1) is 0 Å². The molecule has 2 rings (SSSR count). The van der Waals surface area contributed by atoms with Gasteiger partial charge in [-0.2, -0.15) is 0 Å². The Hall–Kier alpha value is -4.70. The number of carboxylic acid groups (broad SMARTS) is 1. The lowest BCUT2D eigenvalue weighted by molar-refractivity contribution is -0.144. The first-order valence-electron chi connectivity index (χ1n) is 12.8. The molecule has 4 amide bonds. The number of carbonyl (C=O) groups excluding carboxylic acids is 4. The van der Waals surface area contributed by atoms with Crippen molar-refractivity contribution in [2.75, 3.05) is 6.54 Å². The molecular formula is C25H37N9O7. The average molecular weight is 576 g/mol. The number of aliphatic carboxylic acids is 1. The number of amides is 4. The number of aromatic nitrogens is 1. The molecule has 16 heteroatoms. The third kappa shape index (κ3) is 10.1. The van der Waals surface area contributed by atoms with Crippen LogP contribution >= 0.6 is 0 Å². The van der Waals surface area contributed by atoms with Crippen molar-refractivity contribution < 1.29 is 34.2 Å². The first kappa shape index (κ1) is 32.5. The molecule has 14 N–H and O–H groups in total. The van der Waals surface area contributed by atoms with E-state index in [1.165, 1.54) is 6.92 Å². The number of benzene rings is 1. The zero-order valence-corrected chi connectivity index (χ0v) is 22.5. The number of fused-ring (bicyclic) bond motifs is 1. The van der Waals surface area contributed by atoms with E-state index in [1.807, 2.05) is 24.3 Å². The van der Waals surface area contributed by atoms with E-state index in [4.69, 9.17) is 22.9 Å². The minimum absolute atomic E-state index is 0.0577. The second kappa shape index (κ2) is 15.2. The number of aliphatic hydroxyl groups excluding tert-OH is 1. The number of primary amides is 1. The molecular weight excluding hydrogens is 538 g/mol. The SMILES string of the molecule is CC(O)C(NC(=O)C(N)Cc1c[nH]c2ccccc12)C(=O)NC(CCCN=C(N)N)C(=O)NC(CC(N)=O)C(=O)O. The zero-order chi connectivity index (χ0) is 30.7. The van der Waals surface area contributed by atoms with E-state index in [1.54, 1.807) is 6.20 Å². The summed E-state index contributed by atoms with van der Waals surface area (Å²) in [6, 6.07) is 1.86. The van der Waals surface area contributed by atoms with Crippen LogP contribution in [-0.4, -0.2) is 87.6 Å². The van der Waals surface area contributed by atoms with Crippen LogP contribution in [0.15, 0.2) is 35.5 Å². The summed E-state index contributed by atoms with van der Waals surface area (Å²) in [7, 11) is 0. The van der Waals surface area contributed by atoms with Crippen LogP contribution in [-0.2, 0) is 30.4 Å². The molecule has 2 aromatic rings. The molecule has 0 bridgehead atoms. The molecule has 224 valence electrons. The van der Waals surface area contributed by atoms with Gasteiger partial charge in [-0.25, -0.2) is 4.79 Å². The number of rotatable bonds is 16. The largest absolute Gasteiger partial charge is 0.480 e. The number of nitrogens with two attached hydrogens (primary N) is 4. The molecule has 0 saturated carbocycles. The zero-order valence-electron chi connectivity index (χ0n) is 22.5. The van der Waals surface area contributed by atoms with Crippen LogP contribution in [0.1, 0.15) is 31.7 Å². The smallest absolute Gasteiger partial charge is 0.326 e. The fourth-order valence-corrected chi connectivity index (χ4v) is 4.00. The van der Waals surface area contributed by atoms with Crippen molar-refractivity contribution in [1.29, 1.82) is 0 Å². The molecule has 0 aliphatic heterocycles. The summed E-state index contributed by atoms with van der Waals surface area (Å²) >= 11 is 0. The van der Waals surface area contributed by atoms with Crippen LogP contribution in [0.5, 0.6) is 0 Å². The molecule has 0 aliphatic rings.